The molecule has 3 rings (SSSR count). The number of hydrogen-bond donors (Lipinski definition) is 1. The third kappa shape index (κ3) is 3.49. The number of nitrogens with zero attached hydrogens (tertiary/aromatic N) is 4. The van der Waals surface area contributed by atoms with Crippen molar-refractivity contribution < 1.29 is 4.39 Å². The molecule has 1 radical (unpaired) electrons. The Kier molecular flexibility index (Phi) is 4.69. The maximum atomic E-state index is 13.3. The molecule has 0 atom stereocenters. The largest absolute Gasteiger partial charge is 0.323 e. The van der Waals surface area contributed by atoms with Gasteiger partial charge in [-0.2, -0.15) is 5.10 Å². The maximum absolute atomic E-state index is 13.3. The third-order valence-electron chi connectivity index (χ3n) is 3.26. The summed E-state index contributed by atoms with van der Waals surface area (Å²) in [6.07, 6.45) is 5.01. The molecule has 24 heavy (non-hydrogen) atoms. The molecule has 3 aromatic rings. The van der Waals surface area contributed by atoms with Crippen LogP contribution < -0.4 is 5.32 Å². The van der Waals surface area contributed by atoms with Gasteiger partial charge in [-0.1, -0.05) is 23.2 Å². The minimum atomic E-state index is -0.533. The van der Waals surface area contributed by atoms with E-state index in [4.69, 9.17) is 23.2 Å². The van der Waals surface area contributed by atoms with E-state index in [1.165, 1.54) is 18.3 Å². The van der Waals surface area contributed by atoms with Crippen molar-refractivity contribution in [3.63, 3.8) is 0 Å². The van der Waals surface area contributed by atoms with E-state index >= 15 is 0 Å². The lowest BCUT2D eigenvalue weighted by Gasteiger charge is -2.09. The van der Waals surface area contributed by atoms with E-state index in [2.05, 4.69) is 26.4 Å². The molecule has 1 aromatic carbocycles. The lowest BCUT2D eigenvalue weighted by molar-refractivity contribution is 0.532. The Morgan fingerprint density at radius 3 is 2.75 bits per heavy atom. The highest BCUT2D eigenvalue weighted by Crippen LogP contribution is 2.29. The number of rotatable bonds is 4. The summed E-state index contributed by atoms with van der Waals surface area (Å²) in [5.74, 6) is -0.284. The summed E-state index contributed by atoms with van der Waals surface area (Å²) in [4.78, 5) is 8.48. The van der Waals surface area contributed by atoms with Crippen molar-refractivity contribution >= 4 is 34.8 Å². The minimum absolute atomic E-state index is 0.222. The van der Waals surface area contributed by atoms with E-state index < -0.39 is 5.82 Å². The topological polar surface area (TPSA) is 55.6 Å². The second-order valence-corrected chi connectivity index (χ2v) is 6.17. The fourth-order valence-electron chi connectivity index (χ4n) is 2.04. The Balaban J connectivity index is 1.95. The summed E-state index contributed by atoms with van der Waals surface area (Å²) in [6, 6.07) is 5.15. The van der Waals surface area contributed by atoms with Crippen molar-refractivity contribution in [2.75, 3.05) is 5.32 Å². The molecule has 0 unspecified atom stereocenters. The van der Waals surface area contributed by atoms with Gasteiger partial charge in [-0.15, -0.1) is 0 Å². The summed E-state index contributed by atoms with van der Waals surface area (Å²) < 4.78 is 15.1. The van der Waals surface area contributed by atoms with Gasteiger partial charge in [0.2, 0.25) is 5.95 Å². The van der Waals surface area contributed by atoms with Gasteiger partial charge in [0.15, 0.2) is 0 Å². The van der Waals surface area contributed by atoms with E-state index in [0.29, 0.717) is 21.4 Å². The van der Waals surface area contributed by atoms with Gasteiger partial charge in [0.1, 0.15) is 5.82 Å². The van der Waals surface area contributed by atoms with Gasteiger partial charge in [-0.25, -0.2) is 14.4 Å². The van der Waals surface area contributed by atoms with Crippen LogP contribution in [0.15, 0.2) is 30.7 Å². The molecule has 8 heteroatoms. The van der Waals surface area contributed by atoms with Gasteiger partial charge >= 0.3 is 0 Å². The first-order valence-corrected chi connectivity index (χ1v) is 7.90. The first kappa shape index (κ1) is 16.7. The lowest BCUT2D eigenvalue weighted by atomic mass is 10.2. The zero-order valence-electron chi connectivity index (χ0n) is 12.9. The Hall–Kier alpha value is -2.18. The van der Waals surface area contributed by atoms with Crippen LogP contribution in [0.2, 0.25) is 10.0 Å². The highest BCUT2D eigenvalue weighted by Gasteiger charge is 2.12. The monoisotopic (exact) mass is 364 g/mol. The Morgan fingerprint density at radius 1 is 1.25 bits per heavy atom. The molecule has 0 fully saturated rings. The summed E-state index contributed by atoms with van der Waals surface area (Å²) in [6.45, 7) is 4.04. The standard InChI is InChI=1S/C16H13Cl2FN5/c1-9(2)24-8-10(6-21-24)15-13(18)7-20-16(23-15)22-14-5-11(19)3-4-12(14)17/h4-9H,1-2H3,(H,20,22,23). The van der Waals surface area contributed by atoms with Gasteiger partial charge in [-0.3, -0.25) is 4.68 Å². The van der Waals surface area contributed by atoms with Crippen molar-refractivity contribution in [1.82, 2.24) is 19.7 Å². The third-order valence-corrected chi connectivity index (χ3v) is 3.85. The molecule has 0 aliphatic heterocycles. The molecule has 0 saturated heterocycles. The highest BCUT2D eigenvalue weighted by molar-refractivity contribution is 6.33. The molecule has 0 aliphatic rings. The van der Waals surface area contributed by atoms with Gasteiger partial charge in [0.05, 0.1) is 33.8 Å². The summed E-state index contributed by atoms with van der Waals surface area (Å²) in [5.41, 5.74) is 1.64. The van der Waals surface area contributed by atoms with Crippen LogP contribution in [0.4, 0.5) is 16.0 Å². The Labute approximate surface area is 148 Å². The first-order valence-electron chi connectivity index (χ1n) is 7.15. The second-order valence-electron chi connectivity index (χ2n) is 5.36. The lowest BCUT2D eigenvalue weighted by Crippen LogP contribution is -2.00. The molecule has 0 amide bonds. The molecular formula is C16H13Cl2FN5. The van der Waals surface area contributed by atoms with Crippen LogP contribution in [-0.4, -0.2) is 19.7 Å². The molecule has 0 bridgehead atoms. The minimum Gasteiger partial charge on any atom is -0.323 e. The normalized spacial score (nSPS) is 11.1. The summed E-state index contributed by atoms with van der Waals surface area (Å²) in [7, 11) is 0. The second kappa shape index (κ2) is 6.75. The van der Waals surface area contributed by atoms with Crippen molar-refractivity contribution in [1.29, 1.82) is 0 Å². The van der Waals surface area contributed by atoms with Gasteiger partial charge < -0.3 is 5.32 Å². The SMILES string of the molecule is CC(C)n1cc(-c2nc(Nc3cc(F)[c]cc3Cl)ncc2Cl)cn1. The van der Waals surface area contributed by atoms with Crippen molar-refractivity contribution in [3.8, 4) is 11.3 Å². The number of benzene rings is 1. The Morgan fingerprint density at radius 2 is 2.04 bits per heavy atom. The van der Waals surface area contributed by atoms with Gasteiger partial charge in [-0.05, 0) is 26.0 Å². The van der Waals surface area contributed by atoms with Crippen LogP contribution in [-0.2, 0) is 0 Å². The summed E-state index contributed by atoms with van der Waals surface area (Å²) in [5, 5.41) is 7.86. The smallest absolute Gasteiger partial charge is 0.227 e. The van der Waals surface area contributed by atoms with Crippen LogP contribution in [0.1, 0.15) is 19.9 Å². The molecule has 0 aliphatic carbocycles. The molecule has 0 saturated carbocycles. The average Bonchev–Trinajstić information content (AvgIpc) is 3.03. The fourth-order valence-corrected chi connectivity index (χ4v) is 2.39. The van der Waals surface area contributed by atoms with Crippen molar-refractivity contribution in [2.45, 2.75) is 19.9 Å². The fraction of sp³-hybridized carbons (Fsp3) is 0.188. The molecule has 0 spiro atoms. The predicted octanol–water partition coefficient (Wildman–Crippen LogP) is 4.91. The van der Waals surface area contributed by atoms with Gasteiger partial charge in [0.25, 0.3) is 0 Å². The molecule has 2 aromatic heterocycles. The van der Waals surface area contributed by atoms with Gasteiger partial charge in [0, 0.05) is 23.9 Å². The van der Waals surface area contributed by atoms with Crippen molar-refractivity contribution in [2.24, 2.45) is 0 Å². The molecule has 123 valence electrons. The first-order chi connectivity index (χ1) is 11.4. The molecular weight excluding hydrogens is 352 g/mol. The zero-order valence-corrected chi connectivity index (χ0v) is 14.4. The van der Waals surface area contributed by atoms with E-state index in [-0.39, 0.29) is 12.0 Å². The van der Waals surface area contributed by atoms with Crippen molar-refractivity contribution in [3.05, 3.63) is 52.7 Å². The zero-order chi connectivity index (χ0) is 17.3. The van der Waals surface area contributed by atoms with Crippen LogP contribution >= 0.6 is 23.2 Å². The van der Waals surface area contributed by atoms with Crippen LogP contribution in [0.3, 0.4) is 0 Å². The van der Waals surface area contributed by atoms with E-state index in [1.54, 1.807) is 10.9 Å². The number of aromatic nitrogens is 4. The molecule has 1 N–H and O–H groups in total. The predicted molar refractivity (Wildman–Crippen MR) is 92.2 cm³/mol. The van der Waals surface area contributed by atoms with Crippen LogP contribution in [0, 0.1) is 11.9 Å². The average molecular weight is 365 g/mol. The summed E-state index contributed by atoms with van der Waals surface area (Å²) >= 11 is 12.2. The van der Waals surface area contributed by atoms with E-state index in [9.17, 15) is 4.39 Å². The quantitative estimate of drug-likeness (QED) is 0.714. The number of anilines is 2. The number of halogens is 3. The van der Waals surface area contributed by atoms with E-state index in [1.807, 2.05) is 20.0 Å². The van der Waals surface area contributed by atoms with E-state index in [0.717, 1.165) is 5.56 Å². The van der Waals surface area contributed by atoms with Crippen LogP contribution in [0.5, 0.6) is 0 Å². The Bertz CT molecular complexity index is 879. The van der Waals surface area contributed by atoms with Crippen LogP contribution in [0.25, 0.3) is 11.3 Å². The number of nitrogens with one attached hydrogen (secondary N) is 1. The maximum Gasteiger partial charge on any atom is 0.227 e. The number of hydrogen-bond acceptors (Lipinski definition) is 4. The molecule has 2 heterocycles. The molecule has 5 nitrogen and oxygen atoms in total. The highest BCUT2D eigenvalue weighted by atomic mass is 35.5.